The van der Waals surface area contributed by atoms with Crippen LogP contribution in [0.4, 0.5) is 0 Å². The lowest BCUT2D eigenvalue weighted by Gasteiger charge is -2.25. The van der Waals surface area contributed by atoms with Gasteiger partial charge in [-0.1, -0.05) is 13.8 Å². The summed E-state index contributed by atoms with van der Waals surface area (Å²) >= 11 is 0. The Morgan fingerprint density at radius 1 is 1.26 bits per heavy atom. The molecule has 7 nitrogen and oxygen atoms in total. The monoisotopic (exact) mass is 294 g/mol. The summed E-state index contributed by atoms with van der Waals surface area (Å²) in [7, 11) is -3.55. The smallest absolute Gasteiger partial charge is 0.328 e. The van der Waals surface area contributed by atoms with E-state index in [0.717, 1.165) is 6.26 Å². The zero-order valence-electron chi connectivity index (χ0n) is 11.9. The number of carboxylic acid groups (broad SMARTS) is 1. The minimum absolute atomic E-state index is 0.0814. The summed E-state index contributed by atoms with van der Waals surface area (Å²) in [5.41, 5.74) is -1.45. The first kappa shape index (κ1) is 17.8. The largest absolute Gasteiger partial charge is 0.480 e. The fourth-order valence-electron chi connectivity index (χ4n) is 1.39. The van der Waals surface area contributed by atoms with Crippen LogP contribution in [-0.2, 0) is 19.6 Å². The van der Waals surface area contributed by atoms with Crippen molar-refractivity contribution in [3.05, 3.63) is 0 Å². The van der Waals surface area contributed by atoms with Crippen molar-refractivity contribution in [2.75, 3.05) is 6.26 Å². The number of nitrogens with one attached hydrogen (secondary N) is 2. The molecule has 1 atom stereocenters. The van der Waals surface area contributed by atoms with Crippen LogP contribution in [0.15, 0.2) is 0 Å². The van der Waals surface area contributed by atoms with E-state index in [0.29, 0.717) is 0 Å². The van der Waals surface area contributed by atoms with Crippen LogP contribution in [0.3, 0.4) is 0 Å². The second-order valence-electron chi connectivity index (χ2n) is 5.49. The van der Waals surface area contributed by atoms with E-state index in [-0.39, 0.29) is 12.3 Å². The molecule has 0 heterocycles. The fourth-order valence-corrected chi connectivity index (χ4v) is 2.11. The molecule has 0 bridgehead atoms. The number of rotatable bonds is 7. The van der Waals surface area contributed by atoms with E-state index in [1.54, 1.807) is 0 Å². The van der Waals surface area contributed by atoms with Crippen LogP contribution in [-0.4, -0.2) is 43.2 Å². The number of hydrogen-bond donors (Lipinski definition) is 3. The highest BCUT2D eigenvalue weighted by Gasteiger charge is 2.33. The van der Waals surface area contributed by atoms with Gasteiger partial charge in [-0.2, -0.15) is 0 Å². The maximum Gasteiger partial charge on any atom is 0.328 e. The highest BCUT2D eigenvalue weighted by atomic mass is 32.2. The average Bonchev–Trinajstić information content (AvgIpc) is 2.12. The molecular weight excluding hydrogens is 272 g/mol. The van der Waals surface area contributed by atoms with Gasteiger partial charge in [-0.3, -0.25) is 4.79 Å². The van der Waals surface area contributed by atoms with E-state index in [2.05, 4.69) is 10.0 Å². The Kier molecular flexibility index (Phi) is 5.95. The molecule has 0 aromatic rings. The van der Waals surface area contributed by atoms with Crippen molar-refractivity contribution in [1.29, 1.82) is 0 Å². The Morgan fingerprint density at radius 3 is 2.05 bits per heavy atom. The molecule has 0 spiro atoms. The summed E-state index contributed by atoms with van der Waals surface area (Å²) < 4.78 is 24.7. The van der Waals surface area contributed by atoms with Gasteiger partial charge in [0.15, 0.2) is 0 Å². The fraction of sp³-hybridized carbons (Fsp3) is 0.818. The van der Waals surface area contributed by atoms with Crippen molar-refractivity contribution in [2.24, 2.45) is 5.92 Å². The highest BCUT2D eigenvalue weighted by Crippen LogP contribution is 2.09. The molecule has 0 aromatic carbocycles. The summed E-state index contributed by atoms with van der Waals surface area (Å²) in [4.78, 5) is 22.9. The van der Waals surface area contributed by atoms with Gasteiger partial charge in [0.2, 0.25) is 15.9 Å². The quantitative estimate of drug-likeness (QED) is 0.608. The molecule has 1 amide bonds. The molecule has 3 N–H and O–H groups in total. The lowest BCUT2D eigenvalue weighted by Crippen LogP contribution is -2.56. The van der Waals surface area contributed by atoms with Crippen LogP contribution in [0.25, 0.3) is 0 Å². The van der Waals surface area contributed by atoms with Gasteiger partial charge in [0.1, 0.15) is 11.6 Å². The molecule has 19 heavy (non-hydrogen) atoms. The SMILES string of the molecule is CC(C)CC(NS(C)(=O)=O)C(=O)NC(C)(C)C(=O)O. The number of carbonyl (C=O) groups excluding carboxylic acids is 1. The third-order valence-electron chi connectivity index (χ3n) is 2.35. The van der Waals surface area contributed by atoms with Crippen molar-refractivity contribution in [1.82, 2.24) is 10.0 Å². The van der Waals surface area contributed by atoms with E-state index in [9.17, 15) is 18.0 Å². The second-order valence-corrected chi connectivity index (χ2v) is 7.27. The molecular formula is C11H22N2O5S. The van der Waals surface area contributed by atoms with Crippen molar-refractivity contribution in [3.8, 4) is 0 Å². The molecule has 0 fully saturated rings. The van der Waals surface area contributed by atoms with Crippen LogP contribution in [0, 0.1) is 5.92 Å². The van der Waals surface area contributed by atoms with E-state index in [1.807, 2.05) is 13.8 Å². The van der Waals surface area contributed by atoms with Gasteiger partial charge in [0, 0.05) is 0 Å². The van der Waals surface area contributed by atoms with Crippen molar-refractivity contribution in [2.45, 2.75) is 45.7 Å². The molecule has 0 radical (unpaired) electrons. The minimum Gasteiger partial charge on any atom is -0.480 e. The molecule has 0 aromatic heterocycles. The van der Waals surface area contributed by atoms with Gasteiger partial charge in [0.05, 0.1) is 6.26 Å². The van der Waals surface area contributed by atoms with Crippen molar-refractivity contribution in [3.63, 3.8) is 0 Å². The molecule has 0 aliphatic carbocycles. The normalized spacial score (nSPS) is 14.2. The summed E-state index contributed by atoms with van der Waals surface area (Å²) in [5, 5.41) is 11.3. The van der Waals surface area contributed by atoms with Crippen LogP contribution < -0.4 is 10.0 Å². The molecule has 1 unspecified atom stereocenters. The van der Waals surface area contributed by atoms with Gasteiger partial charge in [-0.15, -0.1) is 0 Å². The Hall–Kier alpha value is -1.15. The number of amides is 1. The number of carbonyl (C=O) groups is 2. The average molecular weight is 294 g/mol. The maximum absolute atomic E-state index is 12.0. The molecule has 0 rings (SSSR count). The number of sulfonamides is 1. The van der Waals surface area contributed by atoms with E-state index < -0.39 is 33.5 Å². The minimum atomic E-state index is -3.55. The molecule has 0 saturated carbocycles. The maximum atomic E-state index is 12.0. The predicted molar refractivity (Wildman–Crippen MR) is 71.1 cm³/mol. The van der Waals surface area contributed by atoms with Crippen LogP contribution in [0.5, 0.6) is 0 Å². The second kappa shape index (κ2) is 6.33. The van der Waals surface area contributed by atoms with E-state index >= 15 is 0 Å². The summed E-state index contributed by atoms with van der Waals surface area (Å²) in [6.45, 7) is 6.35. The summed E-state index contributed by atoms with van der Waals surface area (Å²) in [6, 6.07) is -0.978. The molecule has 0 aliphatic heterocycles. The van der Waals surface area contributed by atoms with Crippen molar-refractivity contribution < 1.29 is 23.1 Å². The van der Waals surface area contributed by atoms with Gasteiger partial charge >= 0.3 is 5.97 Å². The molecule has 112 valence electrons. The Bertz CT molecular complexity index is 442. The van der Waals surface area contributed by atoms with Crippen LogP contribution >= 0.6 is 0 Å². The zero-order valence-corrected chi connectivity index (χ0v) is 12.7. The highest BCUT2D eigenvalue weighted by molar-refractivity contribution is 7.88. The Morgan fingerprint density at radius 2 is 1.74 bits per heavy atom. The first-order valence-electron chi connectivity index (χ1n) is 5.88. The molecule has 0 saturated heterocycles. The number of carboxylic acids is 1. The van der Waals surface area contributed by atoms with E-state index in [1.165, 1.54) is 13.8 Å². The standard InChI is InChI=1S/C11H22N2O5S/c1-7(2)6-8(13-19(5,17)18)9(14)12-11(3,4)10(15)16/h7-8,13H,6H2,1-5H3,(H,12,14)(H,15,16). The number of aliphatic carboxylic acids is 1. The van der Waals surface area contributed by atoms with Gasteiger partial charge < -0.3 is 10.4 Å². The van der Waals surface area contributed by atoms with Gasteiger partial charge in [0.25, 0.3) is 0 Å². The van der Waals surface area contributed by atoms with Gasteiger partial charge in [-0.05, 0) is 26.2 Å². The zero-order chi connectivity index (χ0) is 15.4. The third kappa shape index (κ3) is 7.12. The lowest BCUT2D eigenvalue weighted by atomic mass is 10.0. The molecule has 0 aliphatic rings. The van der Waals surface area contributed by atoms with Crippen molar-refractivity contribution >= 4 is 21.9 Å². The van der Waals surface area contributed by atoms with Crippen LogP contribution in [0.2, 0.25) is 0 Å². The number of hydrogen-bond acceptors (Lipinski definition) is 4. The predicted octanol–water partition coefficient (Wildman–Crippen LogP) is -0.0703. The Balaban J connectivity index is 4.97. The summed E-state index contributed by atoms with van der Waals surface area (Å²) in [6.07, 6.45) is 1.24. The topological polar surface area (TPSA) is 113 Å². The lowest BCUT2D eigenvalue weighted by molar-refractivity contribution is -0.146. The molecule has 8 heteroatoms. The van der Waals surface area contributed by atoms with E-state index in [4.69, 9.17) is 5.11 Å². The first-order valence-corrected chi connectivity index (χ1v) is 7.77. The van der Waals surface area contributed by atoms with Crippen LogP contribution in [0.1, 0.15) is 34.1 Å². The van der Waals surface area contributed by atoms with Gasteiger partial charge in [-0.25, -0.2) is 17.9 Å². The third-order valence-corrected chi connectivity index (χ3v) is 3.06. The Labute approximate surface area is 113 Å². The summed E-state index contributed by atoms with van der Waals surface area (Å²) in [5.74, 6) is -1.76. The first-order chi connectivity index (χ1) is 8.35.